The fourth-order valence-corrected chi connectivity index (χ4v) is 8.21. The second-order valence-corrected chi connectivity index (χ2v) is 14.1. The molecule has 0 saturated carbocycles. The van der Waals surface area contributed by atoms with Crippen LogP contribution in [0.4, 0.5) is 17.1 Å². The van der Waals surface area contributed by atoms with Crippen LogP contribution in [-0.4, -0.2) is 0 Å². The van der Waals surface area contributed by atoms with Crippen molar-refractivity contribution in [1.82, 2.24) is 0 Å². The number of fused-ring (bicyclic) bond motifs is 7. The van der Waals surface area contributed by atoms with E-state index in [4.69, 9.17) is 8.83 Å². The Kier molecular flexibility index (Phi) is 7.17. The highest BCUT2D eigenvalue weighted by Gasteiger charge is 2.24. The molecule has 0 atom stereocenters. The monoisotopic (exact) mass is 703 g/mol. The molecule has 0 unspecified atom stereocenters. The van der Waals surface area contributed by atoms with E-state index in [-0.39, 0.29) is 0 Å². The zero-order valence-corrected chi connectivity index (χ0v) is 29.8. The highest BCUT2D eigenvalue weighted by Crippen LogP contribution is 2.48. The largest absolute Gasteiger partial charge is 0.456 e. The van der Waals surface area contributed by atoms with E-state index in [2.05, 4.69) is 193 Å². The Hall–Kier alpha value is -7.36. The van der Waals surface area contributed by atoms with Gasteiger partial charge in [-0.1, -0.05) is 158 Å². The third-order valence-electron chi connectivity index (χ3n) is 10.9. The van der Waals surface area contributed by atoms with E-state index >= 15 is 0 Å². The van der Waals surface area contributed by atoms with Crippen LogP contribution in [0.1, 0.15) is 0 Å². The molecule has 55 heavy (non-hydrogen) atoms. The summed E-state index contributed by atoms with van der Waals surface area (Å²) >= 11 is 0. The number of hydrogen-bond acceptors (Lipinski definition) is 3. The molecule has 0 amide bonds. The van der Waals surface area contributed by atoms with Crippen LogP contribution in [0.15, 0.2) is 209 Å². The van der Waals surface area contributed by atoms with E-state index in [1.165, 1.54) is 33.0 Å². The summed E-state index contributed by atoms with van der Waals surface area (Å²) in [5, 5.41) is 6.55. The molecule has 0 aliphatic rings. The van der Waals surface area contributed by atoms with E-state index < -0.39 is 0 Å². The van der Waals surface area contributed by atoms with Gasteiger partial charge in [0.15, 0.2) is 5.58 Å². The van der Waals surface area contributed by atoms with E-state index in [1.54, 1.807) is 0 Å². The Labute approximate surface area is 317 Å². The third kappa shape index (κ3) is 5.20. The highest BCUT2D eigenvalue weighted by molar-refractivity contribution is 6.24. The Morgan fingerprint density at radius 3 is 1.65 bits per heavy atom. The molecule has 0 aliphatic carbocycles. The van der Waals surface area contributed by atoms with Gasteiger partial charge in [0.1, 0.15) is 16.7 Å². The van der Waals surface area contributed by atoms with Gasteiger partial charge < -0.3 is 13.7 Å². The minimum absolute atomic E-state index is 0.817. The number of rotatable bonds is 6. The summed E-state index contributed by atoms with van der Waals surface area (Å²) in [5.41, 5.74) is 13.2. The maximum atomic E-state index is 7.23. The van der Waals surface area contributed by atoms with Gasteiger partial charge in [0.25, 0.3) is 0 Å². The lowest BCUT2D eigenvalue weighted by Gasteiger charge is -2.26. The van der Waals surface area contributed by atoms with Gasteiger partial charge >= 0.3 is 0 Å². The maximum absolute atomic E-state index is 7.23. The molecule has 11 rings (SSSR count). The normalized spacial score (nSPS) is 11.6. The molecule has 0 radical (unpaired) electrons. The van der Waals surface area contributed by atoms with Crippen molar-refractivity contribution < 1.29 is 8.83 Å². The van der Waals surface area contributed by atoms with Crippen LogP contribution >= 0.6 is 0 Å². The van der Waals surface area contributed by atoms with E-state index in [0.29, 0.717) is 0 Å². The van der Waals surface area contributed by atoms with E-state index in [9.17, 15) is 0 Å². The number of nitrogens with zero attached hydrogens (tertiary/aromatic N) is 1. The van der Waals surface area contributed by atoms with Crippen LogP contribution < -0.4 is 4.90 Å². The standard InChI is InChI=1S/C52H33NO2/c1-3-12-34(13-4-1)37-22-24-39(25-23-37)49-50-44-18-9-10-21-47(44)54-48(50)33-45-43-19-11-20-46(51(43)55-52(45)49)53(42-31-28-36-16-7-8-17-40(36)32-42)41-29-26-38(27-30-41)35-14-5-2-6-15-35/h1-33H. The molecule has 11 aromatic rings. The van der Waals surface area contributed by atoms with Crippen LogP contribution in [0.3, 0.4) is 0 Å². The first-order valence-corrected chi connectivity index (χ1v) is 18.7. The van der Waals surface area contributed by atoms with Crippen molar-refractivity contribution in [2.45, 2.75) is 0 Å². The van der Waals surface area contributed by atoms with Crippen molar-refractivity contribution in [3.8, 4) is 33.4 Å². The Balaban J connectivity index is 1.16. The number of benzene rings is 9. The quantitative estimate of drug-likeness (QED) is 0.173. The first kappa shape index (κ1) is 31.2. The number of hydrogen-bond donors (Lipinski definition) is 0. The second-order valence-electron chi connectivity index (χ2n) is 14.1. The van der Waals surface area contributed by atoms with Crippen molar-refractivity contribution in [3.05, 3.63) is 200 Å². The van der Waals surface area contributed by atoms with Gasteiger partial charge in [-0.15, -0.1) is 0 Å². The molecule has 3 nitrogen and oxygen atoms in total. The lowest BCUT2D eigenvalue weighted by atomic mass is 9.95. The molecular formula is C52H33NO2. The fraction of sp³-hybridized carbons (Fsp3) is 0. The molecule has 9 aromatic carbocycles. The minimum atomic E-state index is 0.817. The molecule has 0 aliphatic heterocycles. The Morgan fingerprint density at radius 1 is 0.327 bits per heavy atom. The minimum Gasteiger partial charge on any atom is -0.456 e. The number of furan rings is 2. The molecule has 2 heterocycles. The molecule has 0 spiro atoms. The molecule has 2 aromatic heterocycles. The first-order chi connectivity index (χ1) is 27.3. The number of anilines is 3. The zero-order chi connectivity index (χ0) is 36.3. The van der Waals surface area contributed by atoms with Gasteiger partial charge in [-0.2, -0.15) is 0 Å². The van der Waals surface area contributed by atoms with Crippen LogP contribution in [-0.2, 0) is 0 Å². The molecule has 0 N–H and O–H groups in total. The Morgan fingerprint density at radius 2 is 0.909 bits per heavy atom. The molecule has 0 bridgehead atoms. The molecule has 0 saturated heterocycles. The lowest BCUT2D eigenvalue weighted by molar-refractivity contribution is 0.665. The number of para-hydroxylation sites is 2. The molecule has 0 fully saturated rings. The first-order valence-electron chi connectivity index (χ1n) is 18.7. The van der Waals surface area contributed by atoms with Crippen LogP contribution in [0.25, 0.3) is 88.0 Å². The predicted octanol–water partition coefficient (Wildman–Crippen LogP) is 15.1. The summed E-state index contributed by atoms with van der Waals surface area (Å²) in [6.07, 6.45) is 0. The molecule has 258 valence electrons. The molecule has 3 heteroatoms. The highest BCUT2D eigenvalue weighted by atomic mass is 16.3. The van der Waals surface area contributed by atoms with Gasteiger partial charge in [-0.05, 0) is 81.1 Å². The smallest absolute Gasteiger partial charge is 0.159 e. The lowest BCUT2D eigenvalue weighted by Crippen LogP contribution is -2.10. The van der Waals surface area contributed by atoms with Gasteiger partial charge in [0.2, 0.25) is 0 Å². The Bertz CT molecular complexity index is 3180. The molecular weight excluding hydrogens is 671 g/mol. The maximum Gasteiger partial charge on any atom is 0.159 e. The van der Waals surface area contributed by atoms with Gasteiger partial charge in [0, 0.05) is 38.5 Å². The SMILES string of the molecule is c1ccc(-c2ccc(-c3c4oc5c(N(c6ccc(-c7ccccc7)cc6)c6ccc7ccccc7c6)cccc5c4cc4oc5ccccc5c34)cc2)cc1. The summed E-state index contributed by atoms with van der Waals surface area (Å²) in [6.45, 7) is 0. The van der Waals surface area contributed by atoms with Crippen molar-refractivity contribution in [1.29, 1.82) is 0 Å². The van der Waals surface area contributed by atoms with Crippen molar-refractivity contribution in [2.75, 3.05) is 4.90 Å². The second kappa shape index (κ2) is 12.6. The van der Waals surface area contributed by atoms with Crippen LogP contribution in [0, 0.1) is 0 Å². The topological polar surface area (TPSA) is 29.5 Å². The third-order valence-corrected chi connectivity index (χ3v) is 10.9. The van der Waals surface area contributed by atoms with E-state index in [1.807, 2.05) is 12.1 Å². The summed E-state index contributed by atoms with van der Waals surface area (Å²) < 4.78 is 13.8. The van der Waals surface area contributed by atoms with Crippen LogP contribution in [0.2, 0.25) is 0 Å². The predicted molar refractivity (Wildman–Crippen MR) is 229 cm³/mol. The van der Waals surface area contributed by atoms with Crippen LogP contribution in [0.5, 0.6) is 0 Å². The van der Waals surface area contributed by atoms with Crippen molar-refractivity contribution in [3.63, 3.8) is 0 Å². The van der Waals surface area contributed by atoms with Crippen molar-refractivity contribution >= 4 is 71.7 Å². The summed E-state index contributed by atoms with van der Waals surface area (Å²) in [6, 6.07) is 70.8. The van der Waals surface area contributed by atoms with Gasteiger partial charge in [0.05, 0.1) is 5.69 Å². The average molecular weight is 704 g/mol. The summed E-state index contributed by atoms with van der Waals surface area (Å²) in [7, 11) is 0. The van der Waals surface area contributed by atoms with E-state index in [0.717, 1.165) is 72.1 Å². The van der Waals surface area contributed by atoms with Crippen molar-refractivity contribution in [2.24, 2.45) is 0 Å². The summed E-state index contributed by atoms with van der Waals surface area (Å²) in [4.78, 5) is 2.32. The van der Waals surface area contributed by atoms with Gasteiger partial charge in [-0.3, -0.25) is 0 Å². The average Bonchev–Trinajstić information content (AvgIpc) is 3.82. The zero-order valence-electron chi connectivity index (χ0n) is 29.8. The van der Waals surface area contributed by atoms with Gasteiger partial charge in [-0.25, -0.2) is 0 Å². The summed E-state index contributed by atoms with van der Waals surface area (Å²) in [5.74, 6) is 0. The fourth-order valence-electron chi connectivity index (χ4n) is 8.21.